The van der Waals surface area contributed by atoms with Gasteiger partial charge in [-0.25, -0.2) is 18.1 Å². The third-order valence-electron chi connectivity index (χ3n) is 4.08. The number of hydrogen-bond acceptors (Lipinski definition) is 4. The average molecular weight is 337 g/mol. The molecule has 0 amide bonds. The van der Waals surface area contributed by atoms with Gasteiger partial charge >= 0.3 is 0 Å². The predicted octanol–water partition coefficient (Wildman–Crippen LogP) is 3.60. The topological polar surface area (TPSA) is 59.1 Å². The van der Waals surface area contributed by atoms with Crippen molar-refractivity contribution in [3.63, 3.8) is 0 Å². The third-order valence-corrected chi connectivity index (χ3v) is 7.37. The summed E-state index contributed by atoms with van der Waals surface area (Å²) < 4.78 is 27.7. The van der Waals surface area contributed by atoms with E-state index in [1.165, 1.54) is 19.3 Å². The fourth-order valence-electron chi connectivity index (χ4n) is 2.74. The molecule has 4 nitrogen and oxygen atoms in total. The van der Waals surface area contributed by atoms with E-state index in [1.54, 1.807) is 6.92 Å². The predicted molar refractivity (Wildman–Crippen MR) is 82.8 cm³/mol. The minimum absolute atomic E-state index is 0.241. The molecule has 1 aromatic heterocycles. The fraction of sp³-hybridized carbons (Fsp3) is 0.769. The molecule has 0 saturated heterocycles. The van der Waals surface area contributed by atoms with Gasteiger partial charge in [0.2, 0.25) is 0 Å². The van der Waals surface area contributed by atoms with Gasteiger partial charge in [0.05, 0.1) is 5.69 Å². The molecule has 1 N–H and O–H groups in total. The van der Waals surface area contributed by atoms with Crippen LogP contribution in [0.1, 0.15) is 44.7 Å². The van der Waals surface area contributed by atoms with Gasteiger partial charge in [0.25, 0.3) is 10.0 Å². The van der Waals surface area contributed by atoms with Crippen LogP contribution in [-0.4, -0.2) is 19.9 Å². The van der Waals surface area contributed by atoms with Crippen molar-refractivity contribution in [3.05, 3.63) is 10.2 Å². The van der Waals surface area contributed by atoms with Crippen molar-refractivity contribution in [2.24, 2.45) is 11.8 Å². The maximum absolute atomic E-state index is 12.2. The summed E-state index contributed by atoms with van der Waals surface area (Å²) in [6.45, 7) is 4.42. The number of aryl methyl sites for hydroxylation is 1. The van der Waals surface area contributed by atoms with E-state index >= 15 is 0 Å². The number of aromatic nitrogens is 1. The van der Waals surface area contributed by atoms with Gasteiger partial charge < -0.3 is 0 Å². The number of thiazole rings is 1. The highest BCUT2D eigenvalue weighted by molar-refractivity contribution is 7.91. The molecular formula is C13H21ClN2O2S2. The van der Waals surface area contributed by atoms with Gasteiger partial charge in [-0.3, -0.25) is 0 Å². The highest BCUT2D eigenvalue weighted by atomic mass is 35.5. The van der Waals surface area contributed by atoms with Crippen LogP contribution in [0.3, 0.4) is 0 Å². The Kier molecular flexibility index (Phi) is 5.45. The lowest BCUT2D eigenvalue weighted by Crippen LogP contribution is -2.31. The zero-order chi connectivity index (χ0) is 14.8. The van der Waals surface area contributed by atoms with E-state index in [4.69, 9.17) is 11.6 Å². The highest BCUT2D eigenvalue weighted by Gasteiger charge is 2.25. The summed E-state index contributed by atoms with van der Waals surface area (Å²) in [6.07, 6.45) is 5.90. The Labute approximate surface area is 130 Å². The normalized spacial score (nSPS) is 23.9. The largest absolute Gasteiger partial charge is 0.251 e. The number of nitrogens with zero attached hydrogens (tertiary/aromatic N) is 1. The minimum Gasteiger partial charge on any atom is -0.229 e. The van der Waals surface area contributed by atoms with Crippen LogP contribution in [0.5, 0.6) is 0 Å². The fourth-order valence-corrected chi connectivity index (χ4v) is 5.63. The lowest BCUT2D eigenvalue weighted by Gasteiger charge is -2.27. The molecule has 7 heteroatoms. The first-order valence-electron chi connectivity index (χ1n) is 7.05. The molecule has 1 saturated carbocycles. The van der Waals surface area contributed by atoms with Crippen LogP contribution in [0.15, 0.2) is 4.21 Å². The van der Waals surface area contributed by atoms with Crippen molar-refractivity contribution in [2.75, 3.05) is 6.54 Å². The van der Waals surface area contributed by atoms with Crippen molar-refractivity contribution in [1.82, 2.24) is 9.71 Å². The first kappa shape index (κ1) is 16.2. The zero-order valence-corrected chi connectivity index (χ0v) is 14.2. The van der Waals surface area contributed by atoms with E-state index in [2.05, 4.69) is 16.6 Å². The molecule has 114 valence electrons. The van der Waals surface area contributed by atoms with Crippen LogP contribution in [0, 0.1) is 18.8 Å². The van der Waals surface area contributed by atoms with Crippen molar-refractivity contribution in [3.8, 4) is 0 Å². The quantitative estimate of drug-likeness (QED) is 0.893. The Bertz CT molecular complexity index is 549. The van der Waals surface area contributed by atoms with Crippen LogP contribution in [0.2, 0.25) is 4.47 Å². The maximum atomic E-state index is 12.2. The zero-order valence-electron chi connectivity index (χ0n) is 11.9. The van der Waals surface area contributed by atoms with Gasteiger partial charge in [-0.15, -0.1) is 0 Å². The van der Waals surface area contributed by atoms with Gasteiger partial charge in [-0.1, -0.05) is 49.1 Å². The number of rotatable bonds is 5. The molecule has 1 heterocycles. The first-order chi connectivity index (χ1) is 9.42. The molecule has 2 rings (SSSR count). The highest BCUT2D eigenvalue weighted by Crippen LogP contribution is 2.31. The smallest absolute Gasteiger partial charge is 0.229 e. The summed E-state index contributed by atoms with van der Waals surface area (Å²) in [5.74, 6) is 1.28. The molecule has 0 aliphatic heterocycles. The van der Waals surface area contributed by atoms with E-state index in [1.807, 2.05) is 0 Å². The van der Waals surface area contributed by atoms with E-state index in [0.29, 0.717) is 18.2 Å². The second-order valence-corrected chi connectivity index (χ2v) is 9.03. The Balaban J connectivity index is 1.92. The van der Waals surface area contributed by atoms with Gasteiger partial charge in [-0.05, 0) is 31.6 Å². The summed E-state index contributed by atoms with van der Waals surface area (Å²) in [5, 5.41) is 0. The van der Waals surface area contributed by atoms with Crippen molar-refractivity contribution in [2.45, 2.75) is 50.2 Å². The van der Waals surface area contributed by atoms with E-state index < -0.39 is 10.0 Å². The van der Waals surface area contributed by atoms with Gasteiger partial charge in [0, 0.05) is 6.54 Å². The molecule has 1 aliphatic rings. The Morgan fingerprint density at radius 2 is 1.90 bits per heavy atom. The SMILES string of the molecule is CCC1CCC(CNS(=O)(=O)c2sc(Cl)nc2C)CC1. The summed E-state index contributed by atoms with van der Waals surface area (Å²) in [6, 6.07) is 0. The standard InChI is InChI=1S/C13H21ClN2O2S2/c1-3-10-4-6-11(7-5-10)8-15-20(17,18)12-9(2)16-13(14)19-12/h10-11,15H,3-8H2,1-2H3. The van der Waals surface area contributed by atoms with Crippen molar-refractivity contribution in [1.29, 1.82) is 0 Å². The molecule has 0 radical (unpaired) electrons. The van der Waals surface area contributed by atoms with E-state index in [9.17, 15) is 8.42 Å². The second-order valence-electron chi connectivity index (χ2n) is 5.49. The number of hydrogen-bond donors (Lipinski definition) is 1. The Hall–Kier alpha value is -0.170. The summed E-state index contributed by atoms with van der Waals surface area (Å²) in [4.78, 5) is 3.96. The molecule has 1 aromatic rings. The lowest BCUT2D eigenvalue weighted by atomic mass is 9.81. The van der Waals surface area contributed by atoms with Crippen molar-refractivity contribution < 1.29 is 8.42 Å². The van der Waals surface area contributed by atoms with E-state index in [0.717, 1.165) is 30.1 Å². The monoisotopic (exact) mass is 336 g/mol. The molecule has 0 spiro atoms. The molecular weight excluding hydrogens is 316 g/mol. The molecule has 0 aromatic carbocycles. The minimum atomic E-state index is -3.47. The molecule has 0 unspecified atom stereocenters. The lowest BCUT2D eigenvalue weighted by molar-refractivity contribution is 0.270. The Morgan fingerprint density at radius 3 is 2.40 bits per heavy atom. The molecule has 1 aliphatic carbocycles. The van der Waals surface area contributed by atoms with Gasteiger partial charge in [0.1, 0.15) is 0 Å². The number of nitrogens with one attached hydrogen (secondary N) is 1. The van der Waals surface area contributed by atoms with Gasteiger partial charge in [0.15, 0.2) is 8.68 Å². The van der Waals surface area contributed by atoms with E-state index in [-0.39, 0.29) is 8.68 Å². The number of sulfonamides is 1. The van der Waals surface area contributed by atoms with Crippen LogP contribution >= 0.6 is 22.9 Å². The average Bonchev–Trinajstić information content (AvgIpc) is 2.77. The van der Waals surface area contributed by atoms with Gasteiger partial charge in [-0.2, -0.15) is 0 Å². The number of halogens is 1. The maximum Gasteiger partial charge on any atom is 0.251 e. The molecule has 1 fully saturated rings. The summed E-state index contributed by atoms with van der Waals surface area (Å²) in [5.41, 5.74) is 0.474. The second kappa shape index (κ2) is 6.73. The van der Waals surface area contributed by atoms with Crippen LogP contribution in [-0.2, 0) is 10.0 Å². The molecule has 0 atom stereocenters. The first-order valence-corrected chi connectivity index (χ1v) is 9.72. The third kappa shape index (κ3) is 3.93. The molecule has 0 bridgehead atoms. The Morgan fingerprint density at radius 1 is 1.30 bits per heavy atom. The summed E-state index contributed by atoms with van der Waals surface area (Å²) in [7, 11) is -3.47. The summed E-state index contributed by atoms with van der Waals surface area (Å²) >= 11 is 6.78. The van der Waals surface area contributed by atoms with Crippen LogP contribution < -0.4 is 4.72 Å². The van der Waals surface area contributed by atoms with Crippen LogP contribution in [0.25, 0.3) is 0 Å². The van der Waals surface area contributed by atoms with Crippen molar-refractivity contribution >= 4 is 33.0 Å². The molecule has 20 heavy (non-hydrogen) atoms. The van der Waals surface area contributed by atoms with Crippen LogP contribution in [0.4, 0.5) is 0 Å².